The van der Waals surface area contributed by atoms with Crippen molar-refractivity contribution in [3.63, 3.8) is 0 Å². The smallest absolute Gasteiger partial charge is 0.402 e. The Morgan fingerprint density at radius 3 is 2.41 bits per heavy atom. The average molecular weight is 253 g/mol. The summed E-state index contributed by atoms with van der Waals surface area (Å²) in [6.45, 7) is 0. The van der Waals surface area contributed by atoms with E-state index in [1.54, 1.807) is 0 Å². The van der Waals surface area contributed by atoms with Crippen LogP contribution in [0.3, 0.4) is 0 Å². The van der Waals surface area contributed by atoms with Gasteiger partial charge in [-0.05, 0) is 6.07 Å². The first kappa shape index (κ1) is 13.0. The summed E-state index contributed by atoms with van der Waals surface area (Å²) < 4.78 is 64.2. The van der Waals surface area contributed by atoms with E-state index in [0.29, 0.717) is 6.07 Å². The highest BCUT2D eigenvalue weighted by molar-refractivity contribution is 5.51. The maximum Gasteiger partial charge on any atom is 0.573 e. The van der Waals surface area contributed by atoms with Gasteiger partial charge in [0.15, 0.2) is 11.4 Å². The van der Waals surface area contributed by atoms with E-state index in [-0.39, 0.29) is 0 Å². The summed E-state index contributed by atoms with van der Waals surface area (Å²) in [5.41, 5.74) is 2.99. The Morgan fingerprint density at radius 1 is 1.41 bits per heavy atom. The van der Waals surface area contributed by atoms with Crippen molar-refractivity contribution in [2.75, 3.05) is 5.73 Å². The molecule has 17 heavy (non-hydrogen) atoms. The molecule has 1 aromatic heterocycles. The largest absolute Gasteiger partial charge is 0.573 e. The molecule has 1 rings (SSSR count). The fourth-order valence-electron chi connectivity index (χ4n) is 1.03. The van der Waals surface area contributed by atoms with Gasteiger partial charge in [-0.15, -0.1) is 13.2 Å². The lowest BCUT2D eigenvalue weighted by molar-refractivity contribution is -0.275. The second kappa shape index (κ2) is 4.40. The molecule has 2 N–H and O–H groups in total. The summed E-state index contributed by atoms with van der Waals surface area (Å²) in [4.78, 5) is 3.18. The van der Waals surface area contributed by atoms with Gasteiger partial charge in [0.25, 0.3) is 6.43 Å². The van der Waals surface area contributed by atoms with Crippen LogP contribution in [0.1, 0.15) is 17.7 Å². The van der Waals surface area contributed by atoms with E-state index in [1.807, 2.05) is 0 Å². The highest BCUT2D eigenvalue weighted by atomic mass is 19.4. The second-order valence-corrected chi connectivity index (χ2v) is 2.77. The Labute approximate surface area is 91.4 Å². The summed E-state index contributed by atoms with van der Waals surface area (Å²) in [5, 5.41) is 8.49. The number of hydrogen-bond acceptors (Lipinski definition) is 4. The molecule has 0 bridgehead atoms. The molecule has 0 saturated carbocycles. The third kappa shape index (κ3) is 3.17. The number of nitrogens with two attached hydrogens (primary N) is 1. The molecule has 0 aliphatic heterocycles. The first-order valence-electron chi connectivity index (χ1n) is 3.99. The Balaban J connectivity index is 3.38. The molecular weight excluding hydrogens is 249 g/mol. The lowest BCUT2D eigenvalue weighted by atomic mass is 10.2. The van der Waals surface area contributed by atoms with Gasteiger partial charge < -0.3 is 10.5 Å². The minimum absolute atomic E-state index is 0.494. The highest BCUT2D eigenvalue weighted by Gasteiger charge is 2.35. The van der Waals surface area contributed by atoms with Gasteiger partial charge in [0.2, 0.25) is 0 Å². The average Bonchev–Trinajstić information content (AvgIpc) is 2.17. The normalized spacial score (nSPS) is 11.4. The summed E-state index contributed by atoms with van der Waals surface area (Å²) in [6, 6.07) is 1.73. The minimum Gasteiger partial charge on any atom is -0.402 e. The number of hydrogen-bond donors (Lipinski definition) is 1. The van der Waals surface area contributed by atoms with Crippen LogP contribution >= 0.6 is 0 Å². The molecule has 0 unspecified atom stereocenters. The van der Waals surface area contributed by atoms with E-state index in [4.69, 9.17) is 11.0 Å². The summed E-state index contributed by atoms with van der Waals surface area (Å²) in [5.74, 6) is -1.82. The number of anilines is 1. The molecule has 9 heteroatoms. The van der Waals surface area contributed by atoms with Gasteiger partial charge in [0.05, 0.1) is 5.56 Å². The van der Waals surface area contributed by atoms with E-state index in [1.165, 1.54) is 6.07 Å². The lowest BCUT2D eigenvalue weighted by Gasteiger charge is -2.14. The number of rotatable bonds is 2. The monoisotopic (exact) mass is 253 g/mol. The molecule has 0 aliphatic carbocycles. The molecule has 0 amide bonds. The van der Waals surface area contributed by atoms with Gasteiger partial charge in [0.1, 0.15) is 11.9 Å². The van der Waals surface area contributed by atoms with Crippen LogP contribution in [-0.2, 0) is 0 Å². The van der Waals surface area contributed by atoms with Crippen LogP contribution in [0.2, 0.25) is 0 Å². The molecule has 0 fully saturated rings. The standard InChI is InChI=1S/C8H4F5N3O/c9-7(10)3-1-5(15)16-4(2-14)6(3)17-8(11,12)13/h1,7H,(H2,15,16). The summed E-state index contributed by atoms with van der Waals surface area (Å²) >= 11 is 0. The molecule has 0 radical (unpaired) electrons. The number of nitrogens with zero attached hydrogens (tertiary/aromatic N) is 2. The topological polar surface area (TPSA) is 71.9 Å². The summed E-state index contributed by atoms with van der Waals surface area (Å²) in [7, 11) is 0. The van der Waals surface area contributed by atoms with Crippen molar-refractivity contribution in [3.05, 3.63) is 17.3 Å². The minimum atomic E-state index is -5.20. The maximum atomic E-state index is 12.5. The molecule has 0 spiro atoms. The first-order valence-corrected chi connectivity index (χ1v) is 3.99. The molecule has 0 aliphatic rings. The number of ether oxygens (including phenoxy) is 1. The van der Waals surface area contributed by atoms with Crippen molar-refractivity contribution >= 4 is 5.82 Å². The number of nitrogen functional groups attached to an aromatic ring is 1. The third-order valence-corrected chi connectivity index (χ3v) is 1.58. The van der Waals surface area contributed by atoms with Crippen LogP contribution < -0.4 is 10.5 Å². The van der Waals surface area contributed by atoms with E-state index >= 15 is 0 Å². The summed E-state index contributed by atoms with van der Waals surface area (Å²) in [6.07, 6.45) is -8.47. The molecule has 1 heterocycles. The Kier molecular flexibility index (Phi) is 3.36. The van der Waals surface area contributed by atoms with Gasteiger partial charge in [-0.3, -0.25) is 0 Å². The SMILES string of the molecule is N#Cc1nc(N)cc(C(F)F)c1OC(F)(F)F. The van der Waals surface area contributed by atoms with Crippen molar-refractivity contribution in [3.8, 4) is 11.8 Å². The van der Waals surface area contributed by atoms with Crippen LogP contribution in [0.25, 0.3) is 0 Å². The van der Waals surface area contributed by atoms with Crippen LogP contribution in [0.15, 0.2) is 6.07 Å². The fraction of sp³-hybridized carbons (Fsp3) is 0.250. The van der Waals surface area contributed by atoms with Crippen LogP contribution in [0.5, 0.6) is 5.75 Å². The third-order valence-electron chi connectivity index (χ3n) is 1.58. The Hall–Kier alpha value is -2.11. The predicted molar refractivity (Wildman–Crippen MR) is 45.0 cm³/mol. The number of alkyl halides is 5. The molecule has 4 nitrogen and oxygen atoms in total. The van der Waals surface area contributed by atoms with Crippen LogP contribution in [0, 0.1) is 11.3 Å². The van der Waals surface area contributed by atoms with E-state index < -0.39 is 35.6 Å². The molecule has 1 aromatic rings. The van der Waals surface area contributed by atoms with E-state index in [2.05, 4.69) is 9.72 Å². The van der Waals surface area contributed by atoms with Crippen molar-refractivity contribution < 1.29 is 26.7 Å². The molecule has 0 atom stereocenters. The van der Waals surface area contributed by atoms with Crippen molar-refractivity contribution in [1.29, 1.82) is 5.26 Å². The lowest BCUT2D eigenvalue weighted by Crippen LogP contribution is -2.19. The molecule has 0 aromatic carbocycles. The fourth-order valence-corrected chi connectivity index (χ4v) is 1.03. The molecule has 0 saturated heterocycles. The second-order valence-electron chi connectivity index (χ2n) is 2.77. The Bertz CT molecular complexity index is 465. The van der Waals surface area contributed by atoms with Crippen molar-refractivity contribution in [1.82, 2.24) is 4.98 Å². The highest BCUT2D eigenvalue weighted by Crippen LogP contribution is 2.35. The zero-order valence-electron chi connectivity index (χ0n) is 7.92. The number of pyridine rings is 1. The van der Waals surface area contributed by atoms with Gasteiger partial charge in [-0.1, -0.05) is 0 Å². The van der Waals surface area contributed by atoms with Crippen LogP contribution in [-0.4, -0.2) is 11.3 Å². The van der Waals surface area contributed by atoms with E-state index in [9.17, 15) is 22.0 Å². The van der Waals surface area contributed by atoms with Crippen LogP contribution in [0.4, 0.5) is 27.8 Å². The molecular formula is C8H4F5N3O. The van der Waals surface area contributed by atoms with Crippen molar-refractivity contribution in [2.45, 2.75) is 12.8 Å². The number of nitriles is 1. The zero-order valence-corrected chi connectivity index (χ0v) is 7.92. The zero-order chi connectivity index (χ0) is 13.2. The van der Waals surface area contributed by atoms with Gasteiger partial charge >= 0.3 is 6.36 Å². The number of aromatic nitrogens is 1. The van der Waals surface area contributed by atoms with Gasteiger partial charge in [-0.2, -0.15) is 5.26 Å². The molecule has 92 valence electrons. The first-order chi connectivity index (χ1) is 7.74. The van der Waals surface area contributed by atoms with Gasteiger partial charge in [-0.25, -0.2) is 13.8 Å². The van der Waals surface area contributed by atoms with E-state index in [0.717, 1.165) is 0 Å². The maximum absolute atomic E-state index is 12.5. The predicted octanol–water partition coefficient (Wildman–Crippen LogP) is 2.37. The number of halogens is 5. The van der Waals surface area contributed by atoms with Crippen molar-refractivity contribution in [2.24, 2.45) is 0 Å². The quantitative estimate of drug-likeness (QED) is 0.821. The Morgan fingerprint density at radius 2 is 2.00 bits per heavy atom. The van der Waals surface area contributed by atoms with Gasteiger partial charge in [0, 0.05) is 0 Å².